The summed E-state index contributed by atoms with van der Waals surface area (Å²) in [6.45, 7) is 4.99. The van der Waals surface area contributed by atoms with Crippen molar-refractivity contribution in [1.82, 2.24) is 0 Å². The molecular formula is C4H10O3S2. The lowest BCUT2D eigenvalue weighted by molar-refractivity contribution is 0.134. The lowest BCUT2D eigenvalue weighted by Crippen LogP contribution is -2.22. The van der Waals surface area contributed by atoms with Gasteiger partial charge in [0.2, 0.25) is 0 Å². The Balaban J connectivity index is 4.07. The Morgan fingerprint density at radius 2 is 1.89 bits per heavy atom. The molecule has 0 saturated heterocycles. The predicted molar refractivity (Wildman–Crippen MR) is 39.0 cm³/mol. The van der Waals surface area contributed by atoms with E-state index in [0.717, 1.165) is 0 Å². The van der Waals surface area contributed by atoms with Crippen LogP contribution in [-0.2, 0) is 24.4 Å². The fourth-order valence-electron chi connectivity index (χ4n) is 0.316. The number of hydrogen-bond donors (Lipinski definition) is 1. The molecule has 0 aromatic rings. The summed E-state index contributed by atoms with van der Waals surface area (Å²) >= 11 is 4.09. The Morgan fingerprint density at radius 3 is 1.89 bits per heavy atom. The van der Waals surface area contributed by atoms with Crippen LogP contribution in [0.3, 0.4) is 0 Å². The molecule has 3 nitrogen and oxygen atoms in total. The highest BCUT2D eigenvalue weighted by molar-refractivity contribution is 8.27. The van der Waals surface area contributed by atoms with E-state index in [4.69, 9.17) is 4.55 Å². The maximum Gasteiger partial charge on any atom is 0.267 e. The maximum absolute atomic E-state index is 10.4. The minimum absolute atomic E-state index is 0.645. The van der Waals surface area contributed by atoms with E-state index < -0.39 is 14.7 Å². The van der Waals surface area contributed by atoms with Crippen LogP contribution < -0.4 is 0 Å². The van der Waals surface area contributed by atoms with Gasteiger partial charge in [0, 0.05) is 11.2 Å². The molecule has 0 amide bonds. The average Bonchev–Trinajstić information content (AvgIpc) is 1.14. The Bertz CT molecular complexity index is 174. The van der Waals surface area contributed by atoms with Crippen LogP contribution >= 0.6 is 0 Å². The maximum atomic E-state index is 10.4. The zero-order chi connectivity index (χ0) is 7.71. The summed E-state index contributed by atoms with van der Waals surface area (Å²) in [6.07, 6.45) is 0. The monoisotopic (exact) mass is 170 g/mol. The van der Waals surface area contributed by atoms with Gasteiger partial charge in [-0.05, 0) is 20.8 Å². The van der Waals surface area contributed by atoms with Gasteiger partial charge in [0.05, 0.1) is 5.60 Å². The minimum atomic E-state index is -3.45. The SMILES string of the molecule is CC(C)(C)OS(=O)(O)=S. The van der Waals surface area contributed by atoms with Gasteiger partial charge in [0.25, 0.3) is 9.05 Å². The molecule has 0 radical (unpaired) electrons. The third-order valence-electron chi connectivity index (χ3n) is 0.355. The van der Waals surface area contributed by atoms with E-state index in [2.05, 4.69) is 15.4 Å². The normalized spacial score (nSPS) is 19.1. The largest absolute Gasteiger partial charge is 0.285 e. The first-order chi connectivity index (χ1) is 3.71. The lowest BCUT2D eigenvalue weighted by Gasteiger charge is -2.16. The fourth-order valence-corrected chi connectivity index (χ4v) is 1.56. The van der Waals surface area contributed by atoms with Crippen LogP contribution in [-0.4, -0.2) is 14.4 Å². The van der Waals surface area contributed by atoms with Crippen LogP contribution in [0.5, 0.6) is 0 Å². The third kappa shape index (κ3) is 8.29. The molecule has 0 aromatic carbocycles. The van der Waals surface area contributed by atoms with Crippen LogP contribution in [0.15, 0.2) is 0 Å². The average molecular weight is 170 g/mol. The molecule has 1 unspecified atom stereocenters. The summed E-state index contributed by atoms with van der Waals surface area (Å²) in [4.78, 5) is 0. The Morgan fingerprint density at radius 1 is 1.56 bits per heavy atom. The molecule has 0 aliphatic heterocycles. The molecular weight excluding hydrogens is 160 g/mol. The highest BCUT2D eigenvalue weighted by Gasteiger charge is 2.15. The van der Waals surface area contributed by atoms with Crippen molar-refractivity contribution in [2.45, 2.75) is 26.4 Å². The first-order valence-electron chi connectivity index (χ1n) is 2.39. The van der Waals surface area contributed by atoms with Gasteiger partial charge in [-0.25, -0.2) is 0 Å². The minimum Gasteiger partial charge on any atom is -0.285 e. The van der Waals surface area contributed by atoms with Crippen molar-refractivity contribution in [3.63, 3.8) is 0 Å². The van der Waals surface area contributed by atoms with Gasteiger partial charge in [-0.1, -0.05) is 0 Å². The molecule has 0 fully saturated rings. The summed E-state index contributed by atoms with van der Waals surface area (Å²) in [5, 5.41) is 0. The Labute approximate surface area is 60.1 Å². The molecule has 56 valence electrons. The van der Waals surface area contributed by atoms with Crippen molar-refractivity contribution in [3.05, 3.63) is 0 Å². The van der Waals surface area contributed by atoms with E-state index in [0.29, 0.717) is 0 Å². The Hall–Kier alpha value is 0.290. The molecule has 0 rings (SSSR count). The van der Waals surface area contributed by atoms with Gasteiger partial charge in [-0.15, -0.1) is 0 Å². The quantitative estimate of drug-likeness (QED) is 0.636. The molecule has 0 spiro atoms. The van der Waals surface area contributed by atoms with Crippen LogP contribution in [0.25, 0.3) is 0 Å². The third-order valence-corrected chi connectivity index (χ3v) is 1.27. The van der Waals surface area contributed by atoms with Crippen molar-refractivity contribution in [2.24, 2.45) is 0 Å². The van der Waals surface area contributed by atoms with Crippen molar-refractivity contribution in [2.75, 3.05) is 0 Å². The second kappa shape index (κ2) is 2.49. The summed E-state index contributed by atoms with van der Waals surface area (Å²) < 4.78 is 23.3. The molecule has 0 aromatic heterocycles. The van der Waals surface area contributed by atoms with E-state index in [9.17, 15) is 4.21 Å². The summed E-state index contributed by atoms with van der Waals surface area (Å²) in [5.41, 5.74) is -0.645. The zero-order valence-electron chi connectivity index (χ0n) is 5.58. The molecule has 1 N–H and O–H groups in total. The fraction of sp³-hybridized carbons (Fsp3) is 1.00. The summed E-state index contributed by atoms with van der Waals surface area (Å²) in [7, 11) is -3.45. The molecule has 9 heavy (non-hydrogen) atoms. The van der Waals surface area contributed by atoms with Gasteiger partial charge in [0.1, 0.15) is 0 Å². The van der Waals surface area contributed by atoms with Gasteiger partial charge in [0.15, 0.2) is 0 Å². The van der Waals surface area contributed by atoms with E-state index in [1.165, 1.54) is 0 Å². The summed E-state index contributed by atoms with van der Waals surface area (Å²) in [5.74, 6) is 0. The van der Waals surface area contributed by atoms with E-state index in [-0.39, 0.29) is 0 Å². The van der Waals surface area contributed by atoms with Crippen molar-refractivity contribution >= 4 is 20.2 Å². The van der Waals surface area contributed by atoms with Crippen LogP contribution in [0.4, 0.5) is 0 Å². The zero-order valence-corrected chi connectivity index (χ0v) is 7.21. The van der Waals surface area contributed by atoms with Gasteiger partial charge < -0.3 is 0 Å². The van der Waals surface area contributed by atoms with E-state index >= 15 is 0 Å². The molecule has 0 heterocycles. The molecule has 1 atom stereocenters. The van der Waals surface area contributed by atoms with Crippen molar-refractivity contribution in [3.8, 4) is 0 Å². The van der Waals surface area contributed by atoms with E-state index in [1.54, 1.807) is 20.8 Å². The topological polar surface area (TPSA) is 46.5 Å². The molecule has 0 aliphatic rings. The van der Waals surface area contributed by atoms with Crippen LogP contribution in [0.1, 0.15) is 20.8 Å². The van der Waals surface area contributed by atoms with Crippen molar-refractivity contribution in [1.29, 1.82) is 0 Å². The van der Waals surface area contributed by atoms with Gasteiger partial charge >= 0.3 is 0 Å². The Kier molecular flexibility index (Phi) is 2.57. The smallest absolute Gasteiger partial charge is 0.267 e. The number of hydrogen-bond acceptors (Lipinski definition) is 3. The van der Waals surface area contributed by atoms with E-state index in [1.807, 2.05) is 0 Å². The standard InChI is InChI=1S/C4H10O3S2/c1-4(2,3)7-9(5,6)8/h1-3H3,(H,5,6,8). The molecule has 0 aliphatic carbocycles. The molecule has 0 bridgehead atoms. The lowest BCUT2D eigenvalue weighted by atomic mass is 10.2. The van der Waals surface area contributed by atoms with Gasteiger partial charge in [-0.2, -0.15) is 4.21 Å². The second-order valence-electron chi connectivity index (χ2n) is 2.62. The van der Waals surface area contributed by atoms with Crippen molar-refractivity contribution < 1.29 is 12.9 Å². The summed E-state index contributed by atoms with van der Waals surface area (Å²) in [6, 6.07) is 0. The first kappa shape index (κ1) is 9.29. The predicted octanol–water partition coefficient (Wildman–Crippen LogP) is 0.936. The highest BCUT2D eigenvalue weighted by atomic mass is 32.9. The molecule has 0 saturated carbocycles. The number of rotatable bonds is 1. The van der Waals surface area contributed by atoms with Gasteiger partial charge in [-0.3, -0.25) is 8.74 Å². The first-order valence-corrected chi connectivity index (χ1v) is 4.75. The highest BCUT2D eigenvalue weighted by Crippen LogP contribution is 2.09. The van der Waals surface area contributed by atoms with Crippen LogP contribution in [0.2, 0.25) is 0 Å². The molecule has 5 heteroatoms. The van der Waals surface area contributed by atoms with Crippen LogP contribution in [0, 0.1) is 0 Å². The second-order valence-corrected chi connectivity index (χ2v) is 4.91.